The monoisotopic (exact) mass is 205 g/mol. The quantitative estimate of drug-likeness (QED) is 0.819. The Hall–Kier alpha value is -1.02. The van der Waals surface area contributed by atoms with Crippen LogP contribution in [0.25, 0.3) is 0 Å². The van der Waals surface area contributed by atoms with Crippen molar-refractivity contribution >= 4 is 0 Å². The molecule has 1 heterocycles. The van der Waals surface area contributed by atoms with Crippen molar-refractivity contribution in [2.45, 2.75) is 38.3 Å². The minimum Gasteiger partial charge on any atom is -0.489 e. The molecule has 0 spiro atoms. The predicted molar refractivity (Wildman–Crippen MR) is 62.2 cm³/mol. The molecule has 1 N–H and O–H groups in total. The van der Waals surface area contributed by atoms with E-state index >= 15 is 0 Å². The summed E-state index contributed by atoms with van der Waals surface area (Å²) in [5, 5.41) is 3.51. The molecule has 0 aromatic heterocycles. The molecule has 82 valence electrons. The molecule has 2 unspecified atom stereocenters. The number of rotatable bonds is 3. The van der Waals surface area contributed by atoms with Gasteiger partial charge in [-0.2, -0.15) is 0 Å². The molecule has 0 saturated carbocycles. The highest BCUT2D eigenvalue weighted by atomic mass is 16.5. The van der Waals surface area contributed by atoms with Crippen molar-refractivity contribution in [1.29, 1.82) is 0 Å². The molecule has 2 heteroatoms. The van der Waals surface area contributed by atoms with E-state index in [4.69, 9.17) is 4.74 Å². The molecule has 0 radical (unpaired) electrons. The van der Waals surface area contributed by atoms with Crippen molar-refractivity contribution in [1.82, 2.24) is 5.32 Å². The third-order valence-electron chi connectivity index (χ3n) is 2.98. The average molecular weight is 205 g/mol. The number of piperidine rings is 1. The van der Waals surface area contributed by atoms with Gasteiger partial charge in [0.1, 0.15) is 11.9 Å². The standard InChI is InChI=1S/C13H19NO/c1-11(13-9-5-6-10-14-13)15-12-7-3-2-4-8-12/h2-4,7-8,11,13-14H,5-6,9-10H2,1H3. The highest BCUT2D eigenvalue weighted by Crippen LogP contribution is 2.16. The van der Waals surface area contributed by atoms with Crippen molar-refractivity contribution in [3.05, 3.63) is 30.3 Å². The number of nitrogens with one attached hydrogen (secondary N) is 1. The molecular weight excluding hydrogens is 186 g/mol. The molecular formula is C13H19NO. The van der Waals surface area contributed by atoms with Crippen molar-refractivity contribution in [3.63, 3.8) is 0 Å². The largest absolute Gasteiger partial charge is 0.489 e. The molecule has 1 aliphatic heterocycles. The Balaban J connectivity index is 1.88. The second kappa shape index (κ2) is 5.17. The van der Waals surface area contributed by atoms with E-state index in [2.05, 4.69) is 12.2 Å². The van der Waals surface area contributed by atoms with Gasteiger partial charge in [-0.15, -0.1) is 0 Å². The molecule has 0 amide bonds. The molecule has 0 bridgehead atoms. The van der Waals surface area contributed by atoms with E-state index in [1.807, 2.05) is 30.3 Å². The van der Waals surface area contributed by atoms with Crippen LogP contribution in [0, 0.1) is 0 Å². The third-order valence-corrected chi connectivity index (χ3v) is 2.98. The van der Waals surface area contributed by atoms with Crippen LogP contribution in [0.15, 0.2) is 30.3 Å². The van der Waals surface area contributed by atoms with Gasteiger partial charge < -0.3 is 10.1 Å². The van der Waals surface area contributed by atoms with Gasteiger partial charge in [-0.1, -0.05) is 24.6 Å². The smallest absolute Gasteiger partial charge is 0.119 e. The molecule has 0 aliphatic carbocycles. The van der Waals surface area contributed by atoms with Crippen LogP contribution in [0.5, 0.6) is 5.75 Å². The van der Waals surface area contributed by atoms with Gasteiger partial charge >= 0.3 is 0 Å². The average Bonchev–Trinajstić information content (AvgIpc) is 2.31. The Kier molecular flexibility index (Phi) is 3.62. The van der Waals surface area contributed by atoms with E-state index in [1.54, 1.807) is 0 Å². The van der Waals surface area contributed by atoms with E-state index in [0.29, 0.717) is 6.04 Å². The Morgan fingerprint density at radius 3 is 2.73 bits per heavy atom. The summed E-state index contributed by atoms with van der Waals surface area (Å²) in [6.45, 7) is 3.28. The first-order chi connectivity index (χ1) is 7.36. The normalized spacial score (nSPS) is 23.4. The zero-order valence-electron chi connectivity index (χ0n) is 9.28. The molecule has 2 nitrogen and oxygen atoms in total. The molecule has 2 rings (SSSR count). The van der Waals surface area contributed by atoms with Crippen molar-refractivity contribution in [2.75, 3.05) is 6.54 Å². The maximum Gasteiger partial charge on any atom is 0.119 e. The molecule has 1 aromatic rings. The summed E-state index contributed by atoms with van der Waals surface area (Å²) in [5.41, 5.74) is 0. The fourth-order valence-corrected chi connectivity index (χ4v) is 2.08. The molecule has 1 aromatic carbocycles. The van der Waals surface area contributed by atoms with Crippen molar-refractivity contribution in [3.8, 4) is 5.75 Å². The van der Waals surface area contributed by atoms with Gasteiger partial charge in [0.15, 0.2) is 0 Å². The lowest BCUT2D eigenvalue weighted by Crippen LogP contribution is -2.44. The maximum absolute atomic E-state index is 5.89. The van der Waals surface area contributed by atoms with E-state index in [9.17, 15) is 0 Å². The van der Waals surface area contributed by atoms with Crippen LogP contribution in [0.4, 0.5) is 0 Å². The number of hydrogen-bond acceptors (Lipinski definition) is 2. The zero-order valence-corrected chi connectivity index (χ0v) is 9.28. The van der Waals surface area contributed by atoms with E-state index in [1.165, 1.54) is 19.3 Å². The van der Waals surface area contributed by atoms with Crippen LogP contribution in [0.1, 0.15) is 26.2 Å². The van der Waals surface area contributed by atoms with Gasteiger partial charge in [0.2, 0.25) is 0 Å². The summed E-state index contributed by atoms with van der Waals surface area (Å²) in [5.74, 6) is 0.970. The van der Waals surface area contributed by atoms with Crippen LogP contribution in [0.3, 0.4) is 0 Å². The van der Waals surface area contributed by atoms with Gasteiger partial charge in [0.25, 0.3) is 0 Å². The van der Waals surface area contributed by atoms with Gasteiger partial charge in [-0.05, 0) is 38.4 Å². The van der Waals surface area contributed by atoms with E-state index in [0.717, 1.165) is 12.3 Å². The van der Waals surface area contributed by atoms with Crippen LogP contribution in [-0.2, 0) is 0 Å². The second-order valence-electron chi connectivity index (χ2n) is 4.19. The third kappa shape index (κ3) is 2.96. The van der Waals surface area contributed by atoms with Crippen LogP contribution < -0.4 is 10.1 Å². The summed E-state index contributed by atoms with van der Waals surface area (Å²) in [7, 11) is 0. The first-order valence-corrected chi connectivity index (χ1v) is 5.81. The summed E-state index contributed by atoms with van der Waals surface area (Å²) >= 11 is 0. The fourth-order valence-electron chi connectivity index (χ4n) is 2.08. The van der Waals surface area contributed by atoms with Gasteiger partial charge in [0, 0.05) is 6.04 Å². The molecule has 1 aliphatic rings. The lowest BCUT2D eigenvalue weighted by Gasteiger charge is -2.29. The minimum atomic E-state index is 0.257. The Morgan fingerprint density at radius 2 is 2.07 bits per heavy atom. The topological polar surface area (TPSA) is 21.3 Å². The Labute approximate surface area is 91.6 Å². The molecule has 1 saturated heterocycles. The van der Waals surface area contributed by atoms with Crippen LogP contribution in [-0.4, -0.2) is 18.7 Å². The van der Waals surface area contributed by atoms with Crippen LogP contribution in [0.2, 0.25) is 0 Å². The van der Waals surface area contributed by atoms with Crippen LogP contribution >= 0.6 is 0 Å². The van der Waals surface area contributed by atoms with Gasteiger partial charge in [-0.25, -0.2) is 0 Å². The zero-order chi connectivity index (χ0) is 10.5. The minimum absolute atomic E-state index is 0.257. The van der Waals surface area contributed by atoms with Crippen molar-refractivity contribution < 1.29 is 4.74 Å². The maximum atomic E-state index is 5.89. The Bertz CT molecular complexity index is 280. The Morgan fingerprint density at radius 1 is 1.27 bits per heavy atom. The first kappa shape index (κ1) is 10.5. The second-order valence-corrected chi connectivity index (χ2v) is 4.19. The summed E-state index contributed by atoms with van der Waals surface area (Å²) in [6.07, 6.45) is 4.11. The number of para-hydroxylation sites is 1. The fraction of sp³-hybridized carbons (Fsp3) is 0.538. The first-order valence-electron chi connectivity index (χ1n) is 5.81. The number of ether oxygens (including phenoxy) is 1. The number of benzene rings is 1. The summed E-state index contributed by atoms with van der Waals surface area (Å²) in [4.78, 5) is 0. The van der Waals surface area contributed by atoms with E-state index in [-0.39, 0.29) is 6.10 Å². The molecule has 15 heavy (non-hydrogen) atoms. The predicted octanol–water partition coefficient (Wildman–Crippen LogP) is 2.60. The van der Waals surface area contributed by atoms with Gasteiger partial charge in [-0.3, -0.25) is 0 Å². The summed E-state index contributed by atoms with van der Waals surface area (Å²) < 4.78 is 5.89. The highest BCUT2D eigenvalue weighted by molar-refractivity contribution is 5.21. The SMILES string of the molecule is CC(Oc1ccccc1)C1CCCCN1. The highest BCUT2D eigenvalue weighted by Gasteiger charge is 2.20. The van der Waals surface area contributed by atoms with E-state index < -0.39 is 0 Å². The molecule has 1 fully saturated rings. The van der Waals surface area contributed by atoms with Crippen molar-refractivity contribution in [2.24, 2.45) is 0 Å². The molecule has 2 atom stereocenters. The lowest BCUT2D eigenvalue weighted by molar-refractivity contribution is 0.152. The summed E-state index contributed by atoms with van der Waals surface area (Å²) in [6, 6.07) is 10.6. The lowest BCUT2D eigenvalue weighted by atomic mass is 10.0. The number of hydrogen-bond donors (Lipinski definition) is 1. The van der Waals surface area contributed by atoms with Gasteiger partial charge in [0.05, 0.1) is 0 Å².